The largest absolute Gasteiger partial charge is 0.450 e. The molecule has 5 amide bonds. The quantitative estimate of drug-likeness (QED) is 0.402. The average Bonchev–Trinajstić information content (AvgIpc) is 2.82. The molecule has 0 saturated carbocycles. The van der Waals surface area contributed by atoms with Crippen molar-refractivity contribution >= 4 is 29.7 Å². The number of ether oxygens (including phenoxy) is 1. The fourth-order valence-electron chi connectivity index (χ4n) is 3.22. The molecule has 0 aromatic heterocycles. The third-order valence-corrected chi connectivity index (χ3v) is 4.62. The smallest absolute Gasteiger partial charge is 0.329 e. The lowest BCUT2D eigenvalue weighted by Crippen LogP contribution is -2.49. The van der Waals surface area contributed by atoms with Gasteiger partial charge >= 0.3 is 12.0 Å². The van der Waals surface area contributed by atoms with E-state index in [0.717, 1.165) is 4.90 Å². The maximum Gasteiger partial charge on any atom is 0.329 e. The van der Waals surface area contributed by atoms with Crippen LogP contribution in [0.5, 0.6) is 0 Å². The molecule has 2 aliphatic rings. The van der Waals surface area contributed by atoms with Crippen LogP contribution in [0.2, 0.25) is 0 Å². The lowest BCUT2D eigenvalue weighted by molar-refractivity contribution is -0.166. The summed E-state index contributed by atoms with van der Waals surface area (Å²) in [7, 11) is 0. The van der Waals surface area contributed by atoms with E-state index in [2.05, 4.69) is 0 Å². The van der Waals surface area contributed by atoms with E-state index in [1.54, 1.807) is 13.8 Å². The summed E-state index contributed by atoms with van der Waals surface area (Å²) in [4.78, 5) is 61.2. The predicted molar refractivity (Wildman–Crippen MR) is 89.1 cm³/mol. The Balaban J connectivity index is 2.11. The number of rotatable bonds is 5. The van der Waals surface area contributed by atoms with Crippen molar-refractivity contribution in [3.63, 3.8) is 0 Å². The number of amides is 5. The van der Waals surface area contributed by atoms with Crippen molar-refractivity contribution in [2.45, 2.75) is 45.8 Å². The highest BCUT2D eigenvalue weighted by Gasteiger charge is 2.50. The summed E-state index contributed by atoms with van der Waals surface area (Å²) in [6, 6.07) is -2.23. The van der Waals surface area contributed by atoms with Crippen molar-refractivity contribution < 1.29 is 28.7 Å². The monoisotopic (exact) mass is 365 g/mol. The Morgan fingerprint density at radius 3 is 2.04 bits per heavy atom. The molecule has 0 unspecified atom stereocenters. The van der Waals surface area contributed by atoms with Gasteiger partial charge in [0.25, 0.3) is 5.91 Å². The lowest BCUT2D eigenvalue weighted by atomic mass is 9.85. The summed E-state index contributed by atoms with van der Waals surface area (Å²) in [5.41, 5.74) is 4.91. The van der Waals surface area contributed by atoms with E-state index < -0.39 is 59.6 Å². The summed E-state index contributed by atoms with van der Waals surface area (Å²) in [6.45, 7) is 4.62. The van der Waals surface area contributed by atoms with Crippen LogP contribution < -0.4 is 11.1 Å². The van der Waals surface area contributed by atoms with Gasteiger partial charge in [-0.3, -0.25) is 24.6 Å². The van der Waals surface area contributed by atoms with E-state index in [0.29, 0.717) is 12.8 Å². The number of carbonyl (C=O) groups excluding carboxylic acids is 5. The number of carbonyl (C=O) groups is 5. The second-order valence-corrected chi connectivity index (χ2v) is 6.83. The van der Waals surface area contributed by atoms with Crippen LogP contribution in [-0.4, -0.2) is 46.8 Å². The standard InChI is InChI=1S/C17H23N3O6/c1-8(2)12(13(21)19-17(18)25)26-16(24)9(3)20-14(22)10-6-4-5-7-11(10)15(20)23/h4-5,8-12H,6-7H2,1-3H3,(H3,18,19,21,25)/t9-,10-,11-,12-/m0/s1. The molecule has 4 atom stereocenters. The fourth-order valence-corrected chi connectivity index (χ4v) is 3.22. The summed E-state index contributed by atoms with van der Waals surface area (Å²) in [6.07, 6.45) is 3.35. The molecule has 142 valence electrons. The van der Waals surface area contributed by atoms with Crippen LogP contribution in [0.1, 0.15) is 33.6 Å². The maximum atomic E-state index is 12.5. The van der Waals surface area contributed by atoms with Crippen molar-refractivity contribution in [1.29, 1.82) is 0 Å². The number of fused-ring (bicyclic) bond motifs is 1. The van der Waals surface area contributed by atoms with E-state index >= 15 is 0 Å². The number of allylic oxidation sites excluding steroid dienone is 2. The number of urea groups is 1. The van der Waals surface area contributed by atoms with Crippen LogP contribution in [0.15, 0.2) is 12.2 Å². The minimum absolute atomic E-state index is 0.406. The minimum atomic E-state index is -1.27. The Bertz CT molecular complexity index is 645. The average molecular weight is 365 g/mol. The third kappa shape index (κ3) is 3.76. The van der Waals surface area contributed by atoms with Crippen molar-refractivity contribution in [3.8, 4) is 0 Å². The highest BCUT2D eigenvalue weighted by Crippen LogP contribution is 2.36. The van der Waals surface area contributed by atoms with Gasteiger partial charge in [0, 0.05) is 0 Å². The zero-order valence-electron chi connectivity index (χ0n) is 14.9. The molecule has 26 heavy (non-hydrogen) atoms. The fraction of sp³-hybridized carbons (Fsp3) is 0.588. The molecule has 3 N–H and O–H groups in total. The molecule has 0 bridgehead atoms. The first-order valence-corrected chi connectivity index (χ1v) is 8.47. The van der Waals surface area contributed by atoms with E-state index in [1.165, 1.54) is 6.92 Å². The Morgan fingerprint density at radius 1 is 1.12 bits per heavy atom. The van der Waals surface area contributed by atoms with Gasteiger partial charge in [0.15, 0.2) is 6.10 Å². The Morgan fingerprint density at radius 2 is 1.62 bits per heavy atom. The van der Waals surface area contributed by atoms with Crippen molar-refractivity contribution in [2.75, 3.05) is 0 Å². The van der Waals surface area contributed by atoms with Crippen molar-refractivity contribution in [1.82, 2.24) is 10.2 Å². The van der Waals surface area contributed by atoms with Crippen LogP contribution in [0.25, 0.3) is 0 Å². The summed E-state index contributed by atoms with van der Waals surface area (Å²) >= 11 is 0. The third-order valence-electron chi connectivity index (χ3n) is 4.62. The summed E-state index contributed by atoms with van der Waals surface area (Å²) in [5.74, 6) is -3.92. The van der Waals surface area contributed by atoms with Gasteiger partial charge < -0.3 is 10.5 Å². The molecule has 2 rings (SSSR count). The molecular weight excluding hydrogens is 342 g/mol. The molecule has 9 nitrogen and oxygen atoms in total. The predicted octanol–water partition coefficient (Wildman–Crippen LogP) is 0.0888. The second-order valence-electron chi connectivity index (χ2n) is 6.83. The van der Waals surface area contributed by atoms with Crippen LogP contribution in [0, 0.1) is 17.8 Å². The van der Waals surface area contributed by atoms with Gasteiger partial charge in [-0.25, -0.2) is 9.59 Å². The van der Waals surface area contributed by atoms with Gasteiger partial charge in [-0.05, 0) is 25.7 Å². The Hall–Kier alpha value is -2.71. The van der Waals surface area contributed by atoms with Gasteiger partial charge in [0.2, 0.25) is 11.8 Å². The first-order chi connectivity index (χ1) is 12.1. The highest BCUT2D eigenvalue weighted by atomic mass is 16.6. The van der Waals surface area contributed by atoms with E-state index in [9.17, 15) is 24.0 Å². The molecule has 1 aliphatic carbocycles. The first kappa shape index (κ1) is 19.6. The number of hydrogen-bond acceptors (Lipinski definition) is 6. The van der Waals surface area contributed by atoms with Gasteiger partial charge in [-0.2, -0.15) is 0 Å². The van der Waals surface area contributed by atoms with Crippen LogP contribution in [-0.2, 0) is 23.9 Å². The summed E-state index contributed by atoms with van der Waals surface area (Å²) in [5, 5.41) is 1.86. The lowest BCUT2D eigenvalue weighted by Gasteiger charge is -2.25. The SMILES string of the molecule is CC(C)[C@H](OC(=O)[C@H](C)N1C(=O)[C@H]2CC=CC[C@@H]2C1=O)C(=O)NC(N)=O. The van der Waals surface area contributed by atoms with Gasteiger partial charge in [0.1, 0.15) is 6.04 Å². The minimum Gasteiger partial charge on any atom is -0.450 e. The number of nitrogens with one attached hydrogen (secondary N) is 1. The number of imide groups is 2. The van der Waals surface area contributed by atoms with E-state index in [4.69, 9.17) is 10.5 Å². The van der Waals surface area contributed by atoms with Crippen molar-refractivity contribution in [3.05, 3.63) is 12.2 Å². The van der Waals surface area contributed by atoms with E-state index in [-0.39, 0.29) is 0 Å². The molecule has 1 saturated heterocycles. The first-order valence-electron chi connectivity index (χ1n) is 8.47. The number of likely N-dealkylation sites (tertiary alicyclic amines) is 1. The highest BCUT2D eigenvalue weighted by molar-refractivity contribution is 6.08. The van der Waals surface area contributed by atoms with Crippen LogP contribution >= 0.6 is 0 Å². The van der Waals surface area contributed by atoms with Crippen LogP contribution in [0.4, 0.5) is 4.79 Å². The van der Waals surface area contributed by atoms with Gasteiger partial charge in [-0.15, -0.1) is 0 Å². The van der Waals surface area contributed by atoms with Gasteiger partial charge in [-0.1, -0.05) is 26.0 Å². The van der Waals surface area contributed by atoms with E-state index in [1.807, 2.05) is 17.5 Å². The molecule has 0 radical (unpaired) electrons. The van der Waals surface area contributed by atoms with Crippen LogP contribution in [0.3, 0.4) is 0 Å². The Kier molecular flexibility index (Phi) is 5.79. The number of nitrogens with zero attached hydrogens (tertiary/aromatic N) is 1. The number of primary amides is 1. The number of nitrogens with two attached hydrogens (primary N) is 1. The van der Waals surface area contributed by atoms with Crippen molar-refractivity contribution in [2.24, 2.45) is 23.5 Å². The maximum absolute atomic E-state index is 12.5. The zero-order chi connectivity index (χ0) is 19.6. The zero-order valence-corrected chi connectivity index (χ0v) is 14.9. The normalized spacial score (nSPS) is 24.2. The molecule has 0 spiro atoms. The number of hydrogen-bond donors (Lipinski definition) is 2. The van der Waals surface area contributed by atoms with Gasteiger partial charge in [0.05, 0.1) is 11.8 Å². The number of esters is 1. The Labute approximate surface area is 150 Å². The molecule has 1 aliphatic heterocycles. The molecule has 1 fully saturated rings. The molecule has 0 aromatic carbocycles. The molecule has 1 heterocycles. The second kappa shape index (κ2) is 7.67. The molecular formula is C17H23N3O6. The topological polar surface area (TPSA) is 136 Å². The molecule has 9 heteroatoms. The summed E-state index contributed by atoms with van der Waals surface area (Å²) < 4.78 is 5.18. The molecule has 0 aromatic rings.